The maximum Gasteiger partial charge on any atom is 0.282 e. The van der Waals surface area contributed by atoms with Crippen LogP contribution >= 0.6 is 11.6 Å². The molecule has 0 unspecified atom stereocenters. The number of aryl methyl sites for hydroxylation is 1. The largest absolute Gasteiger partial charge is 0.489 e. The molecule has 5 nitrogen and oxygen atoms in total. The number of para-hydroxylation sites is 1. The summed E-state index contributed by atoms with van der Waals surface area (Å²) < 4.78 is 5.57. The van der Waals surface area contributed by atoms with Gasteiger partial charge >= 0.3 is 0 Å². The molecule has 1 saturated heterocycles. The Labute approximate surface area is 156 Å². The fourth-order valence-electron chi connectivity index (χ4n) is 2.50. The lowest BCUT2D eigenvalue weighted by Gasteiger charge is -2.15. The molecule has 0 saturated carbocycles. The second-order valence-corrected chi connectivity index (χ2v) is 6.12. The van der Waals surface area contributed by atoms with Gasteiger partial charge in [-0.15, -0.1) is 0 Å². The summed E-state index contributed by atoms with van der Waals surface area (Å²) in [6, 6.07) is 12.3. The molecule has 0 spiro atoms. The van der Waals surface area contributed by atoms with Gasteiger partial charge < -0.3 is 4.74 Å². The van der Waals surface area contributed by atoms with Gasteiger partial charge in [0, 0.05) is 10.6 Å². The zero-order valence-electron chi connectivity index (χ0n) is 14.2. The van der Waals surface area contributed by atoms with Crippen LogP contribution in [-0.2, 0) is 9.59 Å². The summed E-state index contributed by atoms with van der Waals surface area (Å²) in [6.07, 6.45) is 3.14. The minimum Gasteiger partial charge on any atom is -0.489 e. The van der Waals surface area contributed by atoms with Crippen LogP contribution in [0.15, 0.2) is 60.7 Å². The van der Waals surface area contributed by atoms with Crippen molar-refractivity contribution in [3.8, 4) is 5.75 Å². The molecule has 1 aliphatic heterocycles. The van der Waals surface area contributed by atoms with Crippen LogP contribution in [0.25, 0.3) is 6.08 Å². The van der Waals surface area contributed by atoms with E-state index in [1.54, 1.807) is 36.4 Å². The standard InChI is InChI=1S/C20H17ClN2O3/c1-3-10-26-18-7-5-4-6-14(18)11-16-19(24)22-23(20(16)25)15-9-8-13(2)17(21)12-15/h3-9,11-12H,1,10H2,2H3,(H,22,24). The Hall–Kier alpha value is -3.05. The number of ether oxygens (including phenoxy) is 1. The number of anilines is 1. The summed E-state index contributed by atoms with van der Waals surface area (Å²) in [7, 11) is 0. The number of amides is 2. The van der Waals surface area contributed by atoms with Crippen LogP contribution in [0.1, 0.15) is 11.1 Å². The van der Waals surface area contributed by atoms with E-state index in [2.05, 4.69) is 12.0 Å². The summed E-state index contributed by atoms with van der Waals surface area (Å²) >= 11 is 6.12. The Bertz CT molecular complexity index is 921. The maximum atomic E-state index is 12.7. The molecular weight excluding hydrogens is 352 g/mol. The first kappa shape index (κ1) is 17.8. The third-order valence-corrected chi connectivity index (χ3v) is 4.29. The van der Waals surface area contributed by atoms with E-state index in [0.717, 1.165) is 5.56 Å². The molecule has 2 aromatic carbocycles. The Morgan fingerprint density at radius 2 is 2.00 bits per heavy atom. The first-order valence-corrected chi connectivity index (χ1v) is 8.35. The highest BCUT2D eigenvalue weighted by Crippen LogP contribution is 2.28. The fourth-order valence-corrected chi connectivity index (χ4v) is 2.67. The highest BCUT2D eigenvalue weighted by atomic mass is 35.5. The van der Waals surface area contributed by atoms with Crippen molar-refractivity contribution >= 4 is 35.2 Å². The molecule has 1 N–H and O–H groups in total. The quantitative estimate of drug-likeness (QED) is 0.497. The minimum absolute atomic E-state index is 0.0244. The first-order chi connectivity index (χ1) is 12.5. The molecule has 2 aromatic rings. The molecule has 1 aliphatic rings. The summed E-state index contributed by atoms with van der Waals surface area (Å²) in [6.45, 7) is 5.80. The topological polar surface area (TPSA) is 58.6 Å². The van der Waals surface area contributed by atoms with Crippen LogP contribution in [0.4, 0.5) is 5.69 Å². The van der Waals surface area contributed by atoms with Gasteiger partial charge in [0.05, 0.1) is 5.69 Å². The van der Waals surface area contributed by atoms with Crippen molar-refractivity contribution in [2.24, 2.45) is 0 Å². The molecule has 3 rings (SSSR count). The summed E-state index contributed by atoms with van der Waals surface area (Å²) in [5.41, 5.74) is 4.61. The Morgan fingerprint density at radius 3 is 2.73 bits per heavy atom. The summed E-state index contributed by atoms with van der Waals surface area (Å²) in [5, 5.41) is 1.71. The summed E-state index contributed by atoms with van der Waals surface area (Å²) in [4.78, 5) is 25.0. The predicted molar refractivity (Wildman–Crippen MR) is 102 cm³/mol. The van der Waals surface area contributed by atoms with E-state index >= 15 is 0 Å². The van der Waals surface area contributed by atoms with Crippen LogP contribution < -0.4 is 15.2 Å². The Balaban J connectivity index is 1.93. The normalized spacial score (nSPS) is 15.3. The second kappa shape index (κ2) is 7.45. The molecule has 26 heavy (non-hydrogen) atoms. The highest BCUT2D eigenvalue weighted by Gasteiger charge is 2.34. The van der Waals surface area contributed by atoms with E-state index in [-0.39, 0.29) is 5.57 Å². The molecule has 0 aliphatic carbocycles. The monoisotopic (exact) mass is 368 g/mol. The highest BCUT2D eigenvalue weighted by molar-refractivity contribution is 6.33. The van der Waals surface area contributed by atoms with E-state index in [0.29, 0.717) is 28.6 Å². The Morgan fingerprint density at radius 1 is 1.23 bits per heavy atom. The zero-order valence-corrected chi connectivity index (χ0v) is 14.9. The van der Waals surface area contributed by atoms with E-state index in [9.17, 15) is 9.59 Å². The van der Waals surface area contributed by atoms with Crippen molar-refractivity contribution in [3.05, 3.63) is 76.8 Å². The van der Waals surface area contributed by atoms with Crippen LogP contribution in [0, 0.1) is 6.92 Å². The van der Waals surface area contributed by atoms with Gasteiger partial charge in [-0.05, 0) is 36.8 Å². The average Bonchev–Trinajstić information content (AvgIpc) is 2.91. The van der Waals surface area contributed by atoms with E-state index in [1.807, 2.05) is 19.1 Å². The molecule has 0 bridgehead atoms. The number of halogens is 1. The lowest BCUT2D eigenvalue weighted by Crippen LogP contribution is -2.35. The third kappa shape index (κ3) is 3.48. The van der Waals surface area contributed by atoms with Gasteiger partial charge in [-0.2, -0.15) is 0 Å². The number of nitrogens with one attached hydrogen (secondary N) is 1. The molecule has 1 fully saturated rings. The van der Waals surface area contributed by atoms with Crippen molar-refractivity contribution in [2.75, 3.05) is 11.6 Å². The van der Waals surface area contributed by atoms with Gasteiger partial charge in [0.15, 0.2) is 0 Å². The third-order valence-electron chi connectivity index (χ3n) is 3.88. The molecule has 1 heterocycles. The number of rotatable bonds is 5. The SMILES string of the molecule is C=CCOc1ccccc1C=C1C(=O)NN(c2ccc(C)c(Cl)c2)C1=O. The maximum absolute atomic E-state index is 12.7. The molecule has 0 atom stereocenters. The molecule has 0 radical (unpaired) electrons. The van der Waals surface area contributed by atoms with Gasteiger partial charge in [0.1, 0.15) is 17.9 Å². The smallest absolute Gasteiger partial charge is 0.282 e. The number of carbonyl (C=O) groups excluding carboxylic acids is 2. The molecule has 6 heteroatoms. The molecule has 0 aromatic heterocycles. The van der Waals surface area contributed by atoms with E-state index < -0.39 is 11.8 Å². The number of hydrazine groups is 1. The first-order valence-electron chi connectivity index (χ1n) is 7.97. The van der Waals surface area contributed by atoms with Crippen LogP contribution in [0.2, 0.25) is 5.02 Å². The minimum atomic E-state index is -0.481. The number of carbonyl (C=O) groups is 2. The van der Waals surface area contributed by atoms with E-state index in [1.165, 1.54) is 11.1 Å². The van der Waals surface area contributed by atoms with Gasteiger partial charge in [-0.1, -0.05) is 48.5 Å². The zero-order chi connectivity index (χ0) is 18.7. The van der Waals surface area contributed by atoms with Crippen molar-refractivity contribution in [2.45, 2.75) is 6.92 Å². The fraction of sp³-hybridized carbons (Fsp3) is 0.100. The lowest BCUT2D eigenvalue weighted by atomic mass is 10.1. The molecule has 2 amide bonds. The van der Waals surface area contributed by atoms with Gasteiger partial charge in [-0.25, -0.2) is 5.01 Å². The number of hydrogen-bond acceptors (Lipinski definition) is 3. The van der Waals surface area contributed by atoms with Crippen molar-refractivity contribution in [1.29, 1.82) is 0 Å². The van der Waals surface area contributed by atoms with Crippen LogP contribution in [0.5, 0.6) is 5.75 Å². The average molecular weight is 369 g/mol. The number of benzene rings is 2. The van der Waals surface area contributed by atoms with Gasteiger partial charge in [-0.3, -0.25) is 15.0 Å². The molecule has 132 valence electrons. The van der Waals surface area contributed by atoms with Crippen molar-refractivity contribution < 1.29 is 14.3 Å². The van der Waals surface area contributed by atoms with Gasteiger partial charge in [0.2, 0.25) is 0 Å². The van der Waals surface area contributed by atoms with Crippen LogP contribution in [0.3, 0.4) is 0 Å². The van der Waals surface area contributed by atoms with Crippen molar-refractivity contribution in [3.63, 3.8) is 0 Å². The van der Waals surface area contributed by atoms with Gasteiger partial charge in [0.25, 0.3) is 11.8 Å². The second-order valence-electron chi connectivity index (χ2n) is 5.71. The van der Waals surface area contributed by atoms with Crippen molar-refractivity contribution in [1.82, 2.24) is 5.43 Å². The molecular formula is C20H17ClN2O3. The predicted octanol–water partition coefficient (Wildman–Crippen LogP) is 3.67. The number of hydrogen-bond donors (Lipinski definition) is 1. The lowest BCUT2D eigenvalue weighted by molar-refractivity contribution is -0.117. The van der Waals surface area contributed by atoms with E-state index in [4.69, 9.17) is 16.3 Å². The summed E-state index contributed by atoms with van der Waals surface area (Å²) in [5.74, 6) is -0.365. The number of nitrogens with zero attached hydrogens (tertiary/aromatic N) is 1. The van der Waals surface area contributed by atoms with Crippen LogP contribution in [-0.4, -0.2) is 18.4 Å². The Kier molecular flexibility index (Phi) is 5.09.